The van der Waals surface area contributed by atoms with Crippen LogP contribution in [0.5, 0.6) is 0 Å². The van der Waals surface area contributed by atoms with Crippen molar-refractivity contribution >= 4 is 29.3 Å². The third-order valence-corrected chi connectivity index (χ3v) is 3.37. The van der Waals surface area contributed by atoms with E-state index in [0.29, 0.717) is 10.2 Å². The molecule has 6 heteroatoms. The Morgan fingerprint density at radius 2 is 2.00 bits per heavy atom. The van der Waals surface area contributed by atoms with Crippen molar-refractivity contribution in [2.75, 3.05) is 5.75 Å². The molecule has 0 bridgehead atoms. The number of hydrogen-bond donors (Lipinski definition) is 0. The SMILES string of the molecule is Cc1cc(-c2ccc(Cl)cc2)nc(SCC(=O)[O-])n1. The van der Waals surface area contributed by atoms with E-state index in [-0.39, 0.29) is 5.75 Å². The first-order valence-corrected chi connectivity index (χ1v) is 6.85. The van der Waals surface area contributed by atoms with Gasteiger partial charge >= 0.3 is 0 Å². The summed E-state index contributed by atoms with van der Waals surface area (Å²) in [5.74, 6) is -1.30. The lowest BCUT2D eigenvalue weighted by Gasteiger charge is -2.06. The Morgan fingerprint density at radius 3 is 2.63 bits per heavy atom. The fourth-order valence-corrected chi connectivity index (χ4v) is 2.24. The van der Waals surface area contributed by atoms with Crippen LogP contribution in [-0.4, -0.2) is 21.7 Å². The first-order valence-electron chi connectivity index (χ1n) is 5.49. The largest absolute Gasteiger partial charge is 0.549 e. The Morgan fingerprint density at radius 1 is 1.32 bits per heavy atom. The fraction of sp³-hybridized carbons (Fsp3) is 0.154. The minimum Gasteiger partial charge on any atom is -0.549 e. The molecule has 0 saturated carbocycles. The molecule has 1 aromatic heterocycles. The number of rotatable bonds is 4. The zero-order valence-electron chi connectivity index (χ0n) is 10.1. The van der Waals surface area contributed by atoms with Gasteiger partial charge in [0, 0.05) is 22.0 Å². The lowest BCUT2D eigenvalue weighted by Crippen LogP contribution is -2.24. The van der Waals surface area contributed by atoms with Gasteiger partial charge in [0.15, 0.2) is 5.16 Å². The molecule has 0 saturated heterocycles. The maximum absolute atomic E-state index is 10.4. The van der Waals surface area contributed by atoms with E-state index >= 15 is 0 Å². The van der Waals surface area contributed by atoms with Gasteiger partial charge < -0.3 is 9.90 Å². The van der Waals surface area contributed by atoms with E-state index < -0.39 is 5.97 Å². The van der Waals surface area contributed by atoms with Crippen LogP contribution in [0.1, 0.15) is 5.69 Å². The molecule has 1 heterocycles. The Hall–Kier alpha value is -1.59. The molecule has 4 nitrogen and oxygen atoms in total. The van der Waals surface area contributed by atoms with Gasteiger partial charge in [-0.3, -0.25) is 0 Å². The number of halogens is 1. The number of thioether (sulfide) groups is 1. The van der Waals surface area contributed by atoms with Crippen LogP contribution in [0, 0.1) is 6.92 Å². The summed E-state index contributed by atoms with van der Waals surface area (Å²) in [6.07, 6.45) is 0. The van der Waals surface area contributed by atoms with Gasteiger partial charge in [-0.05, 0) is 25.1 Å². The number of aryl methyl sites for hydroxylation is 1. The van der Waals surface area contributed by atoms with Crippen molar-refractivity contribution in [3.8, 4) is 11.3 Å². The second-order valence-electron chi connectivity index (χ2n) is 3.84. The highest BCUT2D eigenvalue weighted by Crippen LogP contribution is 2.23. The molecule has 98 valence electrons. The molecular weight excluding hydrogens is 284 g/mol. The highest BCUT2D eigenvalue weighted by atomic mass is 35.5. The van der Waals surface area contributed by atoms with Gasteiger partial charge in [0.2, 0.25) is 0 Å². The molecule has 0 aliphatic carbocycles. The molecule has 2 rings (SSSR count). The normalized spacial score (nSPS) is 10.4. The van der Waals surface area contributed by atoms with Gasteiger partial charge in [0.05, 0.1) is 11.7 Å². The molecule has 0 N–H and O–H groups in total. The molecule has 0 amide bonds. The Kier molecular flexibility index (Phi) is 4.39. The maximum atomic E-state index is 10.4. The summed E-state index contributed by atoms with van der Waals surface area (Å²) in [4.78, 5) is 19.0. The van der Waals surface area contributed by atoms with Crippen molar-refractivity contribution in [3.05, 3.63) is 41.0 Å². The lowest BCUT2D eigenvalue weighted by molar-refractivity contribution is -0.301. The van der Waals surface area contributed by atoms with E-state index in [4.69, 9.17) is 11.6 Å². The summed E-state index contributed by atoms with van der Waals surface area (Å²) >= 11 is 6.88. The molecule has 0 aliphatic rings. The van der Waals surface area contributed by atoms with Gasteiger partial charge in [-0.1, -0.05) is 35.5 Å². The second kappa shape index (κ2) is 6.04. The minimum absolute atomic E-state index is 0.163. The van der Waals surface area contributed by atoms with E-state index in [0.717, 1.165) is 28.7 Å². The zero-order chi connectivity index (χ0) is 13.8. The molecule has 19 heavy (non-hydrogen) atoms. The summed E-state index contributed by atoms with van der Waals surface area (Å²) in [6, 6.07) is 9.12. The highest BCUT2D eigenvalue weighted by Gasteiger charge is 2.05. The van der Waals surface area contributed by atoms with E-state index in [1.807, 2.05) is 25.1 Å². The van der Waals surface area contributed by atoms with Gasteiger partial charge in [0.1, 0.15) is 0 Å². The summed E-state index contributed by atoms with van der Waals surface area (Å²) in [5, 5.41) is 11.5. The van der Waals surface area contributed by atoms with Crippen LogP contribution in [0.2, 0.25) is 5.02 Å². The number of aromatic nitrogens is 2. The van der Waals surface area contributed by atoms with E-state index in [1.54, 1.807) is 12.1 Å². The Balaban J connectivity index is 2.30. The number of carboxylic acid groups (broad SMARTS) is 1. The predicted octanol–water partition coefficient (Wildman–Crippen LogP) is 1.95. The van der Waals surface area contributed by atoms with Crippen LogP contribution in [-0.2, 0) is 4.79 Å². The van der Waals surface area contributed by atoms with Gasteiger partial charge in [-0.2, -0.15) is 0 Å². The first-order chi connectivity index (χ1) is 9.04. The van der Waals surface area contributed by atoms with Crippen molar-refractivity contribution in [1.82, 2.24) is 9.97 Å². The average Bonchev–Trinajstić information content (AvgIpc) is 2.36. The predicted molar refractivity (Wildman–Crippen MR) is 72.9 cm³/mol. The number of carbonyl (C=O) groups is 1. The van der Waals surface area contributed by atoms with Crippen molar-refractivity contribution in [1.29, 1.82) is 0 Å². The van der Waals surface area contributed by atoms with Crippen molar-refractivity contribution in [2.24, 2.45) is 0 Å². The fourth-order valence-electron chi connectivity index (χ4n) is 1.50. The summed E-state index contributed by atoms with van der Waals surface area (Å²) in [7, 11) is 0. The molecule has 2 aromatic rings. The van der Waals surface area contributed by atoms with Crippen LogP contribution in [0.25, 0.3) is 11.3 Å². The smallest absolute Gasteiger partial charge is 0.188 e. The number of benzene rings is 1. The summed E-state index contributed by atoms with van der Waals surface area (Å²) < 4.78 is 0. The van der Waals surface area contributed by atoms with E-state index in [9.17, 15) is 9.90 Å². The average molecular weight is 294 g/mol. The lowest BCUT2D eigenvalue weighted by atomic mass is 10.1. The van der Waals surface area contributed by atoms with Gasteiger partial charge in [0.25, 0.3) is 0 Å². The molecular formula is C13H10ClN2O2S-. The summed E-state index contributed by atoms with van der Waals surface area (Å²) in [5.41, 5.74) is 2.43. The molecule has 0 aliphatic heterocycles. The van der Waals surface area contributed by atoms with Crippen LogP contribution in [0.15, 0.2) is 35.5 Å². The number of carboxylic acids is 1. The number of nitrogens with zero attached hydrogens (tertiary/aromatic N) is 2. The number of hydrogen-bond acceptors (Lipinski definition) is 5. The third kappa shape index (κ3) is 3.94. The van der Waals surface area contributed by atoms with Gasteiger partial charge in [-0.15, -0.1) is 0 Å². The molecule has 1 aromatic carbocycles. The van der Waals surface area contributed by atoms with Crippen molar-refractivity contribution in [3.63, 3.8) is 0 Å². The molecule has 0 atom stereocenters. The maximum Gasteiger partial charge on any atom is 0.188 e. The zero-order valence-corrected chi connectivity index (χ0v) is 11.7. The van der Waals surface area contributed by atoms with Crippen molar-refractivity contribution < 1.29 is 9.90 Å². The van der Waals surface area contributed by atoms with E-state index in [2.05, 4.69) is 9.97 Å². The molecule has 0 radical (unpaired) electrons. The van der Waals surface area contributed by atoms with Crippen LogP contribution < -0.4 is 5.11 Å². The topological polar surface area (TPSA) is 65.9 Å². The molecule has 0 fully saturated rings. The second-order valence-corrected chi connectivity index (χ2v) is 5.22. The monoisotopic (exact) mass is 293 g/mol. The van der Waals surface area contributed by atoms with Crippen molar-refractivity contribution in [2.45, 2.75) is 12.1 Å². The molecule has 0 spiro atoms. The van der Waals surface area contributed by atoms with E-state index in [1.165, 1.54) is 0 Å². The van der Waals surface area contributed by atoms with Crippen LogP contribution in [0.3, 0.4) is 0 Å². The minimum atomic E-state index is -1.14. The highest BCUT2D eigenvalue weighted by molar-refractivity contribution is 7.99. The first kappa shape index (κ1) is 13.8. The Bertz CT molecular complexity index is 602. The standard InChI is InChI=1S/C13H11ClN2O2S/c1-8-6-11(9-2-4-10(14)5-3-9)16-13(15-8)19-7-12(17)18/h2-6H,7H2,1H3,(H,17,18)/p-1. The quantitative estimate of drug-likeness (QED) is 0.637. The molecule has 0 unspecified atom stereocenters. The Labute approximate surface area is 119 Å². The van der Waals surface area contributed by atoms with Crippen LogP contribution >= 0.6 is 23.4 Å². The third-order valence-electron chi connectivity index (χ3n) is 2.29. The summed E-state index contributed by atoms with van der Waals surface area (Å²) in [6.45, 7) is 1.84. The number of carbonyl (C=O) groups excluding carboxylic acids is 1. The number of aliphatic carboxylic acids is 1. The van der Waals surface area contributed by atoms with Gasteiger partial charge in [-0.25, -0.2) is 9.97 Å². The van der Waals surface area contributed by atoms with Crippen LogP contribution in [0.4, 0.5) is 0 Å².